The van der Waals surface area contributed by atoms with Crippen LogP contribution >= 0.6 is 0 Å². The number of fused-ring (bicyclic) bond motifs is 3. The quantitative estimate of drug-likeness (QED) is 0.487. The van der Waals surface area contributed by atoms with Gasteiger partial charge in [0.05, 0.1) is 47.7 Å². The second kappa shape index (κ2) is 7.19. The molecule has 1 aliphatic rings. The number of aryl methyl sites for hydroxylation is 2. The van der Waals surface area contributed by atoms with Gasteiger partial charge in [-0.05, 0) is 45.0 Å². The van der Waals surface area contributed by atoms with Crippen LogP contribution in [-0.2, 0) is 11.2 Å². The summed E-state index contributed by atoms with van der Waals surface area (Å²) >= 11 is 0. The van der Waals surface area contributed by atoms with Crippen molar-refractivity contribution >= 4 is 22.5 Å². The van der Waals surface area contributed by atoms with E-state index >= 15 is 0 Å². The molecule has 0 unspecified atom stereocenters. The zero-order valence-electron chi connectivity index (χ0n) is 17.8. The van der Waals surface area contributed by atoms with Crippen molar-refractivity contribution in [1.29, 1.82) is 0 Å². The Labute approximate surface area is 179 Å². The molecule has 31 heavy (non-hydrogen) atoms. The second-order valence-corrected chi connectivity index (χ2v) is 7.77. The normalized spacial score (nSPS) is 14.2. The molecule has 7 nitrogen and oxygen atoms in total. The SMILES string of the molecule is COc1cc2c3c(cnc2cc1-c1c(C)noc1C)CC(=O)N3[C@H](C)c1ccccn1. The van der Waals surface area contributed by atoms with Crippen molar-refractivity contribution in [2.45, 2.75) is 33.2 Å². The molecule has 0 radical (unpaired) electrons. The first kappa shape index (κ1) is 19.2. The van der Waals surface area contributed by atoms with Crippen molar-refractivity contribution in [3.63, 3.8) is 0 Å². The summed E-state index contributed by atoms with van der Waals surface area (Å²) in [6, 6.07) is 9.48. The Kier molecular flexibility index (Phi) is 4.46. The molecule has 0 saturated carbocycles. The molecule has 4 aromatic rings. The fourth-order valence-electron chi connectivity index (χ4n) is 4.43. The average molecular weight is 414 g/mol. The molecule has 0 aliphatic carbocycles. The van der Waals surface area contributed by atoms with Crippen molar-refractivity contribution in [3.05, 3.63) is 65.4 Å². The highest BCUT2D eigenvalue weighted by molar-refractivity contribution is 6.11. The summed E-state index contributed by atoms with van der Waals surface area (Å²) in [7, 11) is 1.64. The predicted molar refractivity (Wildman–Crippen MR) is 117 cm³/mol. The summed E-state index contributed by atoms with van der Waals surface area (Å²) in [5.41, 5.74) is 5.96. The Morgan fingerprint density at radius 2 is 2.03 bits per heavy atom. The first-order chi connectivity index (χ1) is 15.0. The number of methoxy groups -OCH3 is 1. The van der Waals surface area contributed by atoms with Crippen LogP contribution in [0.1, 0.15) is 35.7 Å². The van der Waals surface area contributed by atoms with Crippen molar-refractivity contribution in [3.8, 4) is 16.9 Å². The number of carbonyl (C=O) groups is 1. The topological polar surface area (TPSA) is 81.3 Å². The van der Waals surface area contributed by atoms with Gasteiger partial charge in [0.15, 0.2) is 0 Å². The van der Waals surface area contributed by atoms with Crippen LogP contribution < -0.4 is 9.64 Å². The fourth-order valence-corrected chi connectivity index (χ4v) is 4.43. The maximum atomic E-state index is 13.0. The highest BCUT2D eigenvalue weighted by Gasteiger charge is 2.34. The number of nitrogens with zero attached hydrogens (tertiary/aromatic N) is 4. The summed E-state index contributed by atoms with van der Waals surface area (Å²) in [5.74, 6) is 1.44. The third-order valence-electron chi connectivity index (χ3n) is 5.89. The number of aromatic nitrogens is 3. The molecule has 1 amide bonds. The summed E-state index contributed by atoms with van der Waals surface area (Å²) in [5, 5.41) is 4.95. The average Bonchev–Trinajstić information content (AvgIpc) is 3.30. The summed E-state index contributed by atoms with van der Waals surface area (Å²) in [4.78, 5) is 24.0. The summed E-state index contributed by atoms with van der Waals surface area (Å²) < 4.78 is 11.1. The molecule has 0 saturated heterocycles. The van der Waals surface area contributed by atoms with Gasteiger partial charge in [0, 0.05) is 28.9 Å². The van der Waals surface area contributed by atoms with E-state index in [1.807, 2.05) is 56.0 Å². The molecular formula is C24H22N4O3. The van der Waals surface area contributed by atoms with Crippen LogP contribution in [0.5, 0.6) is 5.75 Å². The van der Waals surface area contributed by atoms with Crippen molar-refractivity contribution in [2.24, 2.45) is 0 Å². The molecule has 1 aromatic carbocycles. The molecule has 0 fully saturated rings. The smallest absolute Gasteiger partial charge is 0.232 e. The molecule has 156 valence electrons. The Morgan fingerprint density at radius 3 is 2.71 bits per heavy atom. The van der Waals surface area contributed by atoms with Crippen LogP contribution in [0.15, 0.2) is 47.2 Å². The van der Waals surface area contributed by atoms with Crippen LogP contribution in [0.4, 0.5) is 5.69 Å². The van der Waals surface area contributed by atoms with Crippen LogP contribution in [0, 0.1) is 13.8 Å². The zero-order chi connectivity index (χ0) is 21.7. The van der Waals surface area contributed by atoms with Crippen LogP contribution in [0.25, 0.3) is 22.0 Å². The van der Waals surface area contributed by atoms with E-state index in [1.54, 1.807) is 19.5 Å². The molecule has 5 rings (SSSR count). The number of hydrogen-bond donors (Lipinski definition) is 0. The van der Waals surface area contributed by atoms with E-state index in [9.17, 15) is 4.79 Å². The minimum atomic E-state index is -0.200. The van der Waals surface area contributed by atoms with Gasteiger partial charge >= 0.3 is 0 Å². The van der Waals surface area contributed by atoms with E-state index in [2.05, 4.69) is 15.1 Å². The number of pyridine rings is 2. The maximum Gasteiger partial charge on any atom is 0.232 e. The number of anilines is 1. The van der Waals surface area contributed by atoms with Gasteiger partial charge in [-0.25, -0.2) is 0 Å². The van der Waals surface area contributed by atoms with E-state index < -0.39 is 0 Å². The zero-order valence-corrected chi connectivity index (χ0v) is 17.8. The Hall–Kier alpha value is -3.74. The lowest BCUT2D eigenvalue weighted by Crippen LogP contribution is -2.30. The van der Waals surface area contributed by atoms with Gasteiger partial charge in [-0.15, -0.1) is 0 Å². The largest absolute Gasteiger partial charge is 0.496 e. The summed E-state index contributed by atoms with van der Waals surface area (Å²) in [6.07, 6.45) is 3.87. The van der Waals surface area contributed by atoms with Gasteiger partial charge in [-0.3, -0.25) is 14.8 Å². The molecule has 1 atom stereocenters. The van der Waals surface area contributed by atoms with E-state index in [-0.39, 0.29) is 11.9 Å². The van der Waals surface area contributed by atoms with Crippen molar-refractivity contribution in [2.75, 3.05) is 12.0 Å². The molecule has 3 aromatic heterocycles. The molecule has 7 heteroatoms. The van der Waals surface area contributed by atoms with Crippen molar-refractivity contribution < 1.29 is 14.1 Å². The molecule has 4 heterocycles. The molecule has 0 bridgehead atoms. The monoisotopic (exact) mass is 414 g/mol. The lowest BCUT2D eigenvalue weighted by atomic mass is 9.99. The first-order valence-electron chi connectivity index (χ1n) is 10.2. The number of hydrogen-bond acceptors (Lipinski definition) is 6. The van der Waals surface area contributed by atoms with Crippen molar-refractivity contribution in [1.82, 2.24) is 15.1 Å². The number of ether oxygens (including phenoxy) is 1. The molecule has 1 aliphatic heterocycles. The Bertz CT molecular complexity index is 1290. The fraction of sp³-hybridized carbons (Fsp3) is 0.250. The first-order valence-corrected chi connectivity index (χ1v) is 10.2. The van der Waals surface area contributed by atoms with Gasteiger partial charge in [-0.1, -0.05) is 11.2 Å². The Balaban J connectivity index is 1.72. The van der Waals surface area contributed by atoms with E-state index in [1.165, 1.54) is 0 Å². The molecule has 0 spiro atoms. The van der Waals surface area contributed by atoms with Gasteiger partial charge in [0.1, 0.15) is 11.5 Å². The van der Waals surface area contributed by atoms with E-state index in [0.717, 1.165) is 50.4 Å². The van der Waals surface area contributed by atoms with Crippen LogP contribution in [-0.4, -0.2) is 28.1 Å². The molecular weight excluding hydrogens is 392 g/mol. The highest BCUT2D eigenvalue weighted by Crippen LogP contribution is 2.44. The number of rotatable bonds is 4. The minimum absolute atomic E-state index is 0.0382. The Morgan fingerprint density at radius 1 is 1.19 bits per heavy atom. The van der Waals surface area contributed by atoms with E-state index in [0.29, 0.717) is 12.2 Å². The minimum Gasteiger partial charge on any atom is -0.496 e. The third-order valence-corrected chi connectivity index (χ3v) is 5.89. The number of amides is 1. The lowest BCUT2D eigenvalue weighted by molar-refractivity contribution is -0.117. The predicted octanol–water partition coefficient (Wildman–Crippen LogP) is 4.56. The summed E-state index contributed by atoms with van der Waals surface area (Å²) in [6.45, 7) is 5.78. The van der Waals surface area contributed by atoms with Gasteiger partial charge in [0.25, 0.3) is 0 Å². The highest BCUT2D eigenvalue weighted by atomic mass is 16.5. The second-order valence-electron chi connectivity index (χ2n) is 7.77. The van der Waals surface area contributed by atoms with Gasteiger partial charge in [-0.2, -0.15) is 0 Å². The number of benzene rings is 1. The van der Waals surface area contributed by atoms with Gasteiger partial charge < -0.3 is 14.2 Å². The molecule has 0 N–H and O–H groups in total. The lowest BCUT2D eigenvalue weighted by Gasteiger charge is -2.26. The van der Waals surface area contributed by atoms with Crippen LogP contribution in [0.3, 0.4) is 0 Å². The van der Waals surface area contributed by atoms with E-state index in [4.69, 9.17) is 9.26 Å². The third kappa shape index (κ3) is 2.96. The van der Waals surface area contributed by atoms with Crippen LogP contribution in [0.2, 0.25) is 0 Å². The standard InChI is InChI=1S/C24H22N4O3/c1-13-23(15(3)31-27-13)18-10-20-17(11-21(18)30-4)24-16(12-26-20)9-22(29)28(24)14(2)19-7-5-6-8-25-19/h5-8,10-12,14H,9H2,1-4H3/t14-/m1/s1. The van der Waals surface area contributed by atoms with Gasteiger partial charge in [0.2, 0.25) is 5.91 Å². The number of carbonyl (C=O) groups excluding carboxylic acids is 1. The maximum absolute atomic E-state index is 13.0.